The lowest BCUT2D eigenvalue weighted by Crippen LogP contribution is -2.39. The van der Waals surface area contributed by atoms with Gasteiger partial charge >= 0.3 is 0 Å². The monoisotopic (exact) mass is 180 g/mol. The van der Waals surface area contributed by atoms with E-state index in [0.717, 1.165) is 6.54 Å². The van der Waals surface area contributed by atoms with Crippen molar-refractivity contribution in [2.45, 2.75) is 19.9 Å². The van der Waals surface area contributed by atoms with Crippen LogP contribution in [-0.2, 0) is 11.3 Å². The summed E-state index contributed by atoms with van der Waals surface area (Å²) in [5.41, 5.74) is 0. The normalized spacial score (nSPS) is 9.62. The Balaban J connectivity index is 2.24. The molecule has 0 aliphatic carbocycles. The highest BCUT2D eigenvalue weighted by Crippen LogP contribution is 1.74. The molecular weight excluding hydrogens is 166 g/mol. The van der Waals surface area contributed by atoms with Gasteiger partial charge in [0.1, 0.15) is 0 Å². The highest BCUT2D eigenvalue weighted by Gasteiger charge is 1.99. The number of carbonyl (C=O) groups is 1. The van der Waals surface area contributed by atoms with E-state index in [1.54, 1.807) is 12.4 Å². The Kier molecular flexibility index (Phi) is 3.88. The number of hydrogen-bond acceptors (Lipinski definition) is 2. The van der Waals surface area contributed by atoms with Crippen LogP contribution in [0, 0.1) is 0 Å². The fourth-order valence-corrected chi connectivity index (χ4v) is 0.946. The summed E-state index contributed by atoms with van der Waals surface area (Å²) in [7, 11) is 0. The molecule has 0 radical (unpaired) electrons. The molecule has 1 aromatic heterocycles. The second kappa shape index (κ2) is 5.24. The van der Waals surface area contributed by atoms with Crippen LogP contribution in [0.1, 0.15) is 13.3 Å². The van der Waals surface area contributed by atoms with Crippen molar-refractivity contribution in [2.24, 2.45) is 0 Å². The number of amides is 1. The highest BCUT2D eigenvalue weighted by atomic mass is 16.1. The fraction of sp³-hybridized carbons (Fsp3) is 0.444. The van der Waals surface area contributed by atoms with Gasteiger partial charge in [-0.05, 0) is 0 Å². The number of nitrogens with zero attached hydrogens (tertiary/aromatic N) is 2. The Morgan fingerprint density at radius 2 is 2.15 bits per heavy atom. The molecule has 0 bridgehead atoms. The molecular formula is C9H14N3O+. The Morgan fingerprint density at radius 1 is 1.46 bits per heavy atom. The molecule has 0 saturated heterocycles. The summed E-state index contributed by atoms with van der Waals surface area (Å²) in [5.74, 6) is 0.0923. The van der Waals surface area contributed by atoms with Crippen molar-refractivity contribution >= 4 is 5.91 Å². The molecule has 0 saturated carbocycles. The summed E-state index contributed by atoms with van der Waals surface area (Å²) in [6.07, 6.45) is 7.74. The van der Waals surface area contributed by atoms with Crippen LogP contribution in [0.25, 0.3) is 0 Å². The van der Waals surface area contributed by atoms with Crippen LogP contribution in [0.15, 0.2) is 24.8 Å². The van der Waals surface area contributed by atoms with E-state index in [1.807, 2.05) is 23.9 Å². The first-order valence-electron chi connectivity index (χ1n) is 4.38. The van der Waals surface area contributed by atoms with Gasteiger partial charge in [-0.2, -0.15) is 0 Å². The quantitative estimate of drug-likeness (QED) is 0.657. The molecule has 0 aliphatic rings. The van der Waals surface area contributed by atoms with Crippen LogP contribution < -0.4 is 9.88 Å². The fourth-order valence-electron chi connectivity index (χ4n) is 0.946. The number of carbonyl (C=O) groups excluding carboxylic acids is 1. The van der Waals surface area contributed by atoms with Crippen LogP contribution in [0.4, 0.5) is 0 Å². The molecule has 4 heteroatoms. The summed E-state index contributed by atoms with van der Waals surface area (Å²) in [6.45, 7) is 3.30. The van der Waals surface area contributed by atoms with Gasteiger partial charge in [-0.25, -0.2) is 4.57 Å². The molecule has 0 unspecified atom stereocenters. The molecule has 1 aromatic rings. The molecule has 1 heterocycles. The summed E-state index contributed by atoms with van der Waals surface area (Å²) < 4.78 is 1.98. The molecule has 1 rings (SSSR count). The average molecular weight is 180 g/mol. The first-order chi connectivity index (χ1) is 6.33. The molecule has 70 valence electrons. The van der Waals surface area contributed by atoms with Gasteiger partial charge in [-0.1, -0.05) is 6.92 Å². The zero-order chi connectivity index (χ0) is 9.52. The molecule has 13 heavy (non-hydrogen) atoms. The molecule has 0 atom stereocenters. The highest BCUT2D eigenvalue weighted by molar-refractivity contribution is 5.75. The Bertz CT molecular complexity index is 261. The third kappa shape index (κ3) is 3.64. The number of aromatic nitrogens is 2. The van der Waals surface area contributed by atoms with Gasteiger partial charge in [0.15, 0.2) is 18.9 Å². The van der Waals surface area contributed by atoms with Gasteiger partial charge < -0.3 is 5.32 Å². The summed E-state index contributed by atoms with van der Waals surface area (Å²) >= 11 is 0. The second-order valence-electron chi connectivity index (χ2n) is 2.69. The van der Waals surface area contributed by atoms with Crippen molar-refractivity contribution in [3.8, 4) is 0 Å². The summed E-state index contributed by atoms with van der Waals surface area (Å²) in [4.78, 5) is 14.8. The largest absolute Gasteiger partial charge is 0.350 e. The Hall–Kier alpha value is -1.45. The number of nitrogens with one attached hydrogen (secondary N) is 1. The van der Waals surface area contributed by atoms with Crippen LogP contribution >= 0.6 is 0 Å². The first kappa shape index (κ1) is 9.64. The smallest absolute Gasteiger partial charge is 0.219 e. The second-order valence-corrected chi connectivity index (χ2v) is 2.69. The maximum absolute atomic E-state index is 10.9. The predicted molar refractivity (Wildman–Crippen MR) is 47.7 cm³/mol. The Labute approximate surface area is 77.6 Å². The topological polar surface area (TPSA) is 45.9 Å². The van der Waals surface area contributed by atoms with E-state index in [2.05, 4.69) is 10.3 Å². The lowest BCUT2D eigenvalue weighted by molar-refractivity contribution is -0.695. The number of hydrogen-bond donors (Lipinski definition) is 1. The van der Waals surface area contributed by atoms with Crippen molar-refractivity contribution < 1.29 is 9.36 Å². The molecule has 0 aromatic carbocycles. The SMILES string of the molecule is CCC(=O)NCC[n+]1ccncc1. The van der Waals surface area contributed by atoms with Crippen molar-refractivity contribution in [1.82, 2.24) is 10.3 Å². The van der Waals surface area contributed by atoms with Crippen molar-refractivity contribution in [2.75, 3.05) is 6.54 Å². The minimum absolute atomic E-state index is 0.0923. The minimum atomic E-state index is 0.0923. The summed E-state index contributed by atoms with van der Waals surface area (Å²) in [6, 6.07) is 0. The lowest BCUT2D eigenvalue weighted by atomic mass is 10.4. The van der Waals surface area contributed by atoms with Crippen LogP contribution in [0.3, 0.4) is 0 Å². The van der Waals surface area contributed by atoms with Gasteiger partial charge in [0.05, 0.1) is 18.9 Å². The van der Waals surface area contributed by atoms with Gasteiger partial charge in [0.2, 0.25) is 5.91 Å². The van der Waals surface area contributed by atoms with E-state index in [0.29, 0.717) is 13.0 Å². The Morgan fingerprint density at radius 3 is 2.77 bits per heavy atom. The van der Waals surface area contributed by atoms with Crippen molar-refractivity contribution in [3.63, 3.8) is 0 Å². The third-order valence-electron chi connectivity index (χ3n) is 1.70. The van der Waals surface area contributed by atoms with E-state index >= 15 is 0 Å². The van der Waals surface area contributed by atoms with Crippen molar-refractivity contribution in [1.29, 1.82) is 0 Å². The van der Waals surface area contributed by atoms with Gasteiger partial charge in [-0.15, -0.1) is 0 Å². The van der Waals surface area contributed by atoms with Gasteiger partial charge in [-0.3, -0.25) is 9.78 Å². The number of rotatable bonds is 4. The maximum atomic E-state index is 10.9. The van der Waals surface area contributed by atoms with Gasteiger partial charge in [0, 0.05) is 6.42 Å². The molecule has 4 nitrogen and oxygen atoms in total. The molecule has 0 spiro atoms. The molecule has 1 N–H and O–H groups in total. The molecule has 0 aliphatic heterocycles. The minimum Gasteiger partial charge on any atom is -0.350 e. The zero-order valence-corrected chi connectivity index (χ0v) is 7.73. The summed E-state index contributed by atoms with van der Waals surface area (Å²) in [5, 5.41) is 2.80. The van der Waals surface area contributed by atoms with E-state index in [1.165, 1.54) is 0 Å². The van der Waals surface area contributed by atoms with E-state index in [-0.39, 0.29) is 5.91 Å². The lowest BCUT2D eigenvalue weighted by Gasteiger charge is -1.99. The van der Waals surface area contributed by atoms with E-state index in [9.17, 15) is 4.79 Å². The predicted octanol–water partition coefficient (Wildman–Crippen LogP) is -0.105. The van der Waals surface area contributed by atoms with Crippen LogP contribution in [-0.4, -0.2) is 17.4 Å². The van der Waals surface area contributed by atoms with Crippen molar-refractivity contribution in [3.05, 3.63) is 24.8 Å². The van der Waals surface area contributed by atoms with E-state index in [4.69, 9.17) is 0 Å². The van der Waals surface area contributed by atoms with Crippen LogP contribution in [0.5, 0.6) is 0 Å². The maximum Gasteiger partial charge on any atom is 0.219 e. The third-order valence-corrected chi connectivity index (χ3v) is 1.70. The molecule has 0 fully saturated rings. The average Bonchev–Trinajstić information content (AvgIpc) is 2.19. The first-order valence-corrected chi connectivity index (χ1v) is 4.38. The standard InChI is InChI=1S/C9H13N3O/c1-2-9(13)11-5-8-12-6-3-10-4-7-12/h3-4,6-7H,2,5,8H2,1H3/p+1. The molecule has 1 amide bonds. The van der Waals surface area contributed by atoms with Crippen LogP contribution in [0.2, 0.25) is 0 Å². The van der Waals surface area contributed by atoms with Gasteiger partial charge in [0.25, 0.3) is 0 Å². The zero-order valence-electron chi connectivity index (χ0n) is 7.73. The van der Waals surface area contributed by atoms with E-state index < -0.39 is 0 Å².